The van der Waals surface area contributed by atoms with Crippen molar-refractivity contribution >= 4 is 32.7 Å². The van der Waals surface area contributed by atoms with Gasteiger partial charge >= 0.3 is 0 Å². The van der Waals surface area contributed by atoms with Crippen LogP contribution in [0, 0.1) is 0 Å². The first kappa shape index (κ1) is 27.0. The lowest BCUT2D eigenvalue weighted by molar-refractivity contribution is 0.669. The normalized spacial score (nSPS) is 11.4. The number of fused-ring (bicyclic) bond motifs is 4. The minimum Gasteiger partial charge on any atom is -0.456 e. The smallest absolute Gasteiger partial charge is 0.164 e. The molecular formula is C43H27N3O. The van der Waals surface area contributed by atoms with Crippen molar-refractivity contribution in [2.24, 2.45) is 0 Å². The molecule has 0 unspecified atom stereocenters. The van der Waals surface area contributed by atoms with Crippen molar-refractivity contribution in [2.45, 2.75) is 0 Å². The largest absolute Gasteiger partial charge is 0.456 e. The van der Waals surface area contributed by atoms with Crippen molar-refractivity contribution in [1.82, 2.24) is 15.0 Å². The van der Waals surface area contributed by atoms with Crippen molar-refractivity contribution in [3.05, 3.63) is 164 Å². The van der Waals surface area contributed by atoms with E-state index in [4.69, 9.17) is 19.4 Å². The molecule has 0 fully saturated rings. The Morgan fingerprint density at radius 3 is 1.64 bits per heavy atom. The average Bonchev–Trinajstić information content (AvgIpc) is 3.52. The van der Waals surface area contributed by atoms with Gasteiger partial charge in [-0.05, 0) is 57.3 Å². The van der Waals surface area contributed by atoms with Gasteiger partial charge in [-0.25, -0.2) is 15.0 Å². The van der Waals surface area contributed by atoms with Crippen LogP contribution in [0.5, 0.6) is 0 Å². The Morgan fingerprint density at radius 1 is 0.319 bits per heavy atom. The SMILES string of the molecule is c1ccc(-c2ccc(-c3nc(-c4ccccc4)nc(-c4cccc(-c5cccc6cc7c(cc56)oc5ccccc57)c4)n3)cc2)cc1. The minimum atomic E-state index is 0.628. The molecule has 0 aliphatic carbocycles. The highest BCUT2D eigenvalue weighted by Crippen LogP contribution is 2.37. The predicted octanol–water partition coefficient (Wildman–Crippen LogP) is 11.3. The predicted molar refractivity (Wildman–Crippen MR) is 192 cm³/mol. The molecule has 2 aromatic heterocycles. The summed E-state index contributed by atoms with van der Waals surface area (Å²) in [5.74, 6) is 1.90. The second-order valence-electron chi connectivity index (χ2n) is 11.7. The van der Waals surface area contributed by atoms with Crippen LogP contribution in [0.2, 0.25) is 0 Å². The lowest BCUT2D eigenvalue weighted by atomic mass is 9.95. The lowest BCUT2D eigenvalue weighted by Crippen LogP contribution is -2.00. The summed E-state index contributed by atoms with van der Waals surface area (Å²) in [6.45, 7) is 0. The van der Waals surface area contributed by atoms with Crippen LogP contribution in [0.1, 0.15) is 0 Å². The number of rotatable bonds is 5. The van der Waals surface area contributed by atoms with E-state index in [0.717, 1.165) is 60.7 Å². The summed E-state index contributed by atoms with van der Waals surface area (Å²) in [6.07, 6.45) is 0. The zero-order valence-electron chi connectivity index (χ0n) is 25.3. The van der Waals surface area contributed by atoms with E-state index in [1.807, 2.05) is 48.5 Å². The topological polar surface area (TPSA) is 51.8 Å². The van der Waals surface area contributed by atoms with Crippen LogP contribution in [-0.2, 0) is 0 Å². The Kier molecular flexibility index (Phi) is 6.43. The molecule has 0 N–H and O–H groups in total. The third-order valence-electron chi connectivity index (χ3n) is 8.73. The zero-order valence-corrected chi connectivity index (χ0v) is 25.3. The molecule has 2 heterocycles. The van der Waals surface area contributed by atoms with Gasteiger partial charge in [0.25, 0.3) is 0 Å². The Balaban J connectivity index is 1.16. The lowest BCUT2D eigenvalue weighted by Gasteiger charge is -2.11. The van der Waals surface area contributed by atoms with Gasteiger partial charge in [0, 0.05) is 27.5 Å². The Hall–Kier alpha value is -6.39. The van der Waals surface area contributed by atoms with Gasteiger partial charge in [-0.2, -0.15) is 0 Å². The van der Waals surface area contributed by atoms with Crippen LogP contribution in [0.4, 0.5) is 0 Å². The highest BCUT2D eigenvalue weighted by Gasteiger charge is 2.15. The summed E-state index contributed by atoms with van der Waals surface area (Å²) in [7, 11) is 0. The van der Waals surface area contributed by atoms with E-state index >= 15 is 0 Å². The number of hydrogen-bond acceptors (Lipinski definition) is 4. The molecule has 0 spiro atoms. The number of benzene rings is 7. The van der Waals surface area contributed by atoms with Gasteiger partial charge in [-0.3, -0.25) is 0 Å². The molecule has 0 atom stereocenters. The van der Waals surface area contributed by atoms with Crippen molar-refractivity contribution in [3.63, 3.8) is 0 Å². The van der Waals surface area contributed by atoms with Crippen LogP contribution >= 0.6 is 0 Å². The van der Waals surface area contributed by atoms with Gasteiger partial charge < -0.3 is 4.42 Å². The highest BCUT2D eigenvalue weighted by molar-refractivity contribution is 6.12. The molecule has 0 radical (unpaired) electrons. The van der Waals surface area contributed by atoms with Crippen LogP contribution in [0.15, 0.2) is 168 Å². The maximum atomic E-state index is 6.26. The van der Waals surface area contributed by atoms with E-state index in [0.29, 0.717) is 17.5 Å². The molecule has 0 aliphatic heterocycles. The number of para-hydroxylation sites is 1. The maximum absolute atomic E-state index is 6.26. The van der Waals surface area contributed by atoms with E-state index in [9.17, 15) is 0 Å². The van der Waals surface area contributed by atoms with Crippen LogP contribution in [-0.4, -0.2) is 15.0 Å². The number of hydrogen-bond donors (Lipinski definition) is 0. The third-order valence-corrected chi connectivity index (χ3v) is 8.73. The van der Waals surface area contributed by atoms with Gasteiger partial charge in [-0.15, -0.1) is 0 Å². The molecule has 4 nitrogen and oxygen atoms in total. The van der Waals surface area contributed by atoms with E-state index in [-0.39, 0.29) is 0 Å². The van der Waals surface area contributed by atoms with E-state index in [1.165, 1.54) is 10.9 Å². The van der Waals surface area contributed by atoms with Gasteiger partial charge in [-0.1, -0.05) is 140 Å². The molecule has 220 valence electrons. The molecule has 0 saturated carbocycles. The van der Waals surface area contributed by atoms with E-state index in [1.54, 1.807) is 0 Å². The average molecular weight is 602 g/mol. The summed E-state index contributed by atoms with van der Waals surface area (Å²) in [5.41, 5.74) is 9.11. The number of furan rings is 1. The molecule has 0 saturated heterocycles. The minimum absolute atomic E-state index is 0.628. The number of nitrogens with zero attached hydrogens (tertiary/aromatic N) is 3. The van der Waals surface area contributed by atoms with Crippen molar-refractivity contribution in [3.8, 4) is 56.4 Å². The quantitative estimate of drug-likeness (QED) is 0.197. The summed E-state index contributed by atoms with van der Waals surface area (Å²) in [5, 5.41) is 4.56. The molecule has 9 aromatic rings. The van der Waals surface area contributed by atoms with Crippen LogP contribution in [0.25, 0.3) is 89.1 Å². The van der Waals surface area contributed by atoms with Crippen molar-refractivity contribution in [2.75, 3.05) is 0 Å². The summed E-state index contributed by atoms with van der Waals surface area (Å²) >= 11 is 0. The molecule has 0 bridgehead atoms. The van der Waals surface area contributed by atoms with Gasteiger partial charge in [0.2, 0.25) is 0 Å². The Bertz CT molecular complexity index is 2550. The molecule has 0 aliphatic rings. The zero-order chi connectivity index (χ0) is 31.2. The fourth-order valence-corrected chi connectivity index (χ4v) is 6.37. The molecule has 0 amide bonds. The first-order valence-corrected chi connectivity index (χ1v) is 15.7. The maximum Gasteiger partial charge on any atom is 0.164 e. The monoisotopic (exact) mass is 601 g/mol. The molecule has 4 heteroatoms. The van der Waals surface area contributed by atoms with Crippen molar-refractivity contribution in [1.29, 1.82) is 0 Å². The Labute approximate surface area is 271 Å². The summed E-state index contributed by atoms with van der Waals surface area (Å²) in [6, 6.07) is 56.4. The van der Waals surface area contributed by atoms with Gasteiger partial charge in [0.05, 0.1) is 0 Å². The summed E-state index contributed by atoms with van der Waals surface area (Å²) < 4.78 is 6.26. The van der Waals surface area contributed by atoms with Crippen LogP contribution in [0.3, 0.4) is 0 Å². The van der Waals surface area contributed by atoms with E-state index in [2.05, 4.69) is 115 Å². The Morgan fingerprint density at radius 2 is 0.872 bits per heavy atom. The van der Waals surface area contributed by atoms with Crippen molar-refractivity contribution < 1.29 is 4.42 Å². The standard InChI is InChI=1S/C43H27N3O/c1-3-11-28(12-4-1)29-21-23-31(24-22-29)42-44-41(30-13-5-2-6-14-30)45-43(46-42)34-17-9-15-32(25-34)35-19-10-16-33-26-38-36-18-7-8-20-39(36)47-40(38)27-37(33)35/h1-27H. The summed E-state index contributed by atoms with van der Waals surface area (Å²) in [4.78, 5) is 15.0. The molecule has 9 rings (SSSR count). The third kappa shape index (κ3) is 4.93. The second kappa shape index (κ2) is 11.2. The fraction of sp³-hybridized carbons (Fsp3) is 0. The molecule has 47 heavy (non-hydrogen) atoms. The first-order valence-electron chi connectivity index (χ1n) is 15.7. The van der Waals surface area contributed by atoms with E-state index < -0.39 is 0 Å². The van der Waals surface area contributed by atoms with Gasteiger partial charge in [0.15, 0.2) is 17.5 Å². The van der Waals surface area contributed by atoms with Crippen LogP contribution < -0.4 is 0 Å². The highest BCUT2D eigenvalue weighted by atomic mass is 16.3. The molecular weight excluding hydrogens is 574 g/mol. The molecule has 7 aromatic carbocycles. The first-order chi connectivity index (χ1) is 23.3. The fourth-order valence-electron chi connectivity index (χ4n) is 6.37. The number of aromatic nitrogens is 3. The van der Waals surface area contributed by atoms with Gasteiger partial charge in [0.1, 0.15) is 11.2 Å². The second-order valence-corrected chi connectivity index (χ2v) is 11.7.